The average molecular weight is 335 g/mol. The van der Waals surface area contributed by atoms with E-state index in [1.807, 2.05) is 32.6 Å². The van der Waals surface area contributed by atoms with Gasteiger partial charge in [0, 0.05) is 23.8 Å². The number of methoxy groups -OCH3 is 1. The fraction of sp³-hybridized carbons (Fsp3) is 0.312. The molecule has 0 spiro atoms. The van der Waals surface area contributed by atoms with Crippen LogP contribution in [0, 0.1) is 10.1 Å². The number of carbonyl (C=O) groups excluding carboxylic acids is 1. The number of carbonyl (C=O) groups is 1. The van der Waals surface area contributed by atoms with Gasteiger partial charge >= 0.3 is 5.97 Å². The molecule has 124 valence electrons. The Morgan fingerprint density at radius 1 is 1.30 bits per heavy atom. The van der Waals surface area contributed by atoms with Crippen molar-refractivity contribution in [2.45, 2.75) is 26.6 Å². The number of nitro groups is 1. The molecule has 0 bridgehead atoms. The molecule has 0 aliphatic rings. The molecule has 0 aliphatic heterocycles. The lowest BCUT2D eigenvalue weighted by Crippen LogP contribution is -2.24. The minimum Gasteiger partial charge on any atom is -0.544 e. The Labute approximate surface area is 136 Å². The quantitative estimate of drug-likeness (QED) is 0.196. The largest absolute Gasteiger partial charge is 0.544 e. The summed E-state index contributed by atoms with van der Waals surface area (Å²) in [5.74, 6) is 0.110. The highest BCUT2D eigenvalue weighted by Gasteiger charge is 2.20. The summed E-state index contributed by atoms with van der Waals surface area (Å²) in [5, 5.41) is 11.0. The van der Waals surface area contributed by atoms with Gasteiger partial charge in [-0.05, 0) is 50.3 Å². The lowest BCUT2D eigenvalue weighted by molar-refractivity contribution is -0.384. The third-order valence-electron chi connectivity index (χ3n) is 2.79. The third-order valence-corrected chi connectivity index (χ3v) is 3.62. The van der Waals surface area contributed by atoms with E-state index in [0.717, 1.165) is 0 Å². The molecule has 1 rings (SSSR count). The van der Waals surface area contributed by atoms with Gasteiger partial charge in [0.25, 0.3) is 5.69 Å². The standard InChI is InChI=1S/C16H21NO5Si/c1-6-15(22-23(3,4)5)14-9-8-13(17(19)20)11-12(14)7-10-16(18)21-2/h6-11H,1-5H3/b10-7+,15-6-. The van der Waals surface area contributed by atoms with Gasteiger partial charge < -0.3 is 9.16 Å². The Morgan fingerprint density at radius 2 is 1.96 bits per heavy atom. The molecule has 0 radical (unpaired) electrons. The van der Waals surface area contributed by atoms with Crippen LogP contribution in [0.25, 0.3) is 11.8 Å². The zero-order chi connectivity index (χ0) is 17.6. The number of nitro benzene ring substituents is 1. The second-order valence-electron chi connectivity index (χ2n) is 5.75. The first-order chi connectivity index (χ1) is 10.7. The maximum atomic E-state index is 11.3. The molecule has 0 N–H and O–H groups in total. The van der Waals surface area contributed by atoms with Crippen LogP contribution in [-0.4, -0.2) is 26.3 Å². The van der Waals surface area contributed by atoms with E-state index >= 15 is 0 Å². The monoisotopic (exact) mass is 335 g/mol. The lowest BCUT2D eigenvalue weighted by Gasteiger charge is -2.23. The summed E-state index contributed by atoms with van der Waals surface area (Å²) in [5.41, 5.74) is 1.17. The Balaban J connectivity index is 3.37. The molecular weight excluding hydrogens is 314 g/mol. The van der Waals surface area contributed by atoms with E-state index in [4.69, 9.17) is 4.43 Å². The van der Waals surface area contributed by atoms with Crippen LogP contribution in [0.15, 0.2) is 30.4 Å². The van der Waals surface area contributed by atoms with Gasteiger partial charge in [-0.3, -0.25) is 10.1 Å². The van der Waals surface area contributed by atoms with E-state index in [0.29, 0.717) is 16.9 Å². The van der Waals surface area contributed by atoms with Crippen LogP contribution in [-0.2, 0) is 14.0 Å². The SMILES string of the molecule is C/C=C(\O[Si](C)(C)C)c1ccc([N+](=O)[O-])cc1/C=C/C(=O)OC. The first-order valence-electron chi connectivity index (χ1n) is 7.08. The van der Waals surface area contributed by atoms with E-state index in [1.54, 1.807) is 6.07 Å². The van der Waals surface area contributed by atoms with Crippen LogP contribution in [0.4, 0.5) is 5.69 Å². The smallest absolute Gasteiger partial charge is 0.330 e. The van der Waals surface area contributed by atoms with Crippen molar-refractivity contribution >= 4 is 31.8 Å². The van der Waals surface area contributed by atoms with Gasteiger partial charge in [-0.2, -0.15) is 0 Å². The topological polar surface area (TPSA) is 78.7 Å². The van der Waals surface area contributed by atoms with Crippen molar-refractivity contribution in [3.63, 3.8) is 0 Å². The molecule has 0 atom stereocenters. The Bertz CT molecular complexity index is 659. The molecule has 0 unspecified atom stereocenters. The Kier molecular flexibility index (Phi) is 6.26. The van der Waals surface area contributed by atoms with Crippen LogP contribution in [0.1, 0.15) is 18.1 Å². The van der Waals surface area contributed by atoms with E-state index < -0.39 is 19.2 Å². The summed E-state index contributed by atoms with van der Waals surface area (Å²) >= 11 is 0. The maximum Gasteiger partial charge on any atom is 0.330 e. The molecule has 0 saturated heterocycles. The molecule has 6 nitrogen and oxygen atoms in total. The molecule has 23 heavy (non-hydrogen) atoms. The van der Waals surface area contributed by atoms with E-state index in [2.05, 4.69) is 4.74 Å². The number of benzene rings is 1. The maximum absolute atomic E-state index is 11.3. The minimum atomic E-state index is -1.85. The fourth-order valence-electron chi connectivity index (χ4n) is 1.85. The number of hydrogen-bond donors (Lipinski definition) is 0. The first kappa shape index (κ1) is 18.6. The van der Waals surface area contributed by atoms with Crippen molar-refractivity contribution in [2.75, 3.05) is 7.11 Å². The van der Waals surface area contributed by atoms with E-state index in [9.17, 15) is 14.9 Å². The molecule has 7 heteroatoms. The van der Waals surface area contributed by atoms with Crippen LogP contribution >= 0.6 is 0 Å². The van der Waals surface area contributed by atoms with Crippen molar-refractivity contribution in [3.8, 4) is 0 Å². The summed E-state index contributed by atoms with van der Waals surface area (Å²) in [4.78, 5) is 21.8. The van der Waals surface area contributed by atoms with Crippen molar-refractivity contribution in [2.24, 2.45) is 0 Å². The first-order valence-corrected chi connectivity index (χ1v) is 10.5. The summed E-state index contributed by atoms with van der Waals surface area (Å²) < 4.78 is 10.6. The zero-order valence-corrected chi connectivity index (χ0v) is 15.0. The number of nitrogens with zero attached hydrogens (tertiary/aromatic N) is 1. The van der Waals surface area contributed by atoms with Gasteiger partial charge in [-0.1, -0.05) is 0 Å². The molecule has 1 aromatic rings. The molecule has 0 saturated carbocycles. The second kappa shape index (κ2) is 7.73. The number of ether oxygens (including phenoxy) is 1. The van der Waals surface area contributed by atoms with Crippen molar-refractivity contribution in [3.05, 3.63) is 51.6 Å². The summed E-state index contributed by atoms with van der Waals surface area (Å²) in [7, 11) is -0.581. The van der Waals surface area contributed by atoms with Crippen LogP contribution in [0.2, 0.25) is 19.6 Å². The van der Waals surface area contributed by atoms with Crippen LogP contribution in [0.3, 0.4) is 0 Å². The Morgan fingerprint density at radius 3 is 2.43 bits per heavy atom. The molecule has 0 aromatic heterocycles. The zero-order valence-electron chi connectivity index (χ0n) is 14.0. The number of rotatable bonds is 6. The fourth-order valence-corrected chi connectivity index (χ4v) is 2.74. The second-order valence-corrected chi connectivity index (χ2v) is 10.2. The molecule has 0 heterocycles. The summed E-state index contributed by atoms with van der Waals surface area (Å²) in [6.07, 6.45) is 4.53. The number of hydrogen-bond acceptors (Lipinski definition) is 5. The predicted octanol–water partition coefficient (Wildman–Crippen LogP) is 3.99. The highest BCUT2D eigenvalue weighted by atomic mass is 28.4. The Hall–Kier alpha value is -2.41. The predicted molar refractivity (Wildman–Crippen MR) is 92.2 cm³/mol. The summed E-state index contributed by atoms with van der Waals surface area (Å²) in [6, 6.07) is 4.46. The van der Waals surface area contributed by atoms with Crippen molar-refractivity contribution < 1.29 is 18.9 Å². The minimum absolute atomic E-state index is 0.0540. The van der Waals surface area contributed by atoms with Crippen LogP contribution in [0.5, 0.6) is 0 Å². The molecule has 0 aliphatic carbocycles. The lowest BCUT2D eigenvalue weighted by atomic mass is 10.0. The number of allylic oxidation sites excluding steroid dienone is 1. The highest BCUT2D eigenvalue weighted by molar-refractivity contribution is 6.70. The van der Waals surface area contributed by atoms with E-state index in [1.165, 1.54) is 31.4 Å². The van der Waals surface area contributed by atoms with Crippen molar-refractivity contribution in [1.29, 1.82) is 0 Å². The molecule has 0 amide bonds. The normalized spacial score (nSPS) is 12.3. The van der Waals surface area contributed by atoms with Crippen LogP contribution < -0.4 is 0 Å². The molecule has 0 fully saturated rings. The van der Waals surface area contributed by atoms with E-state index in [-0.39, 0.29) is 5.69 Å². The van der Waals surface area contributed by atoms with Gasteiger partial charge in [0.1, 0.15) is 5.76 Å². The van der Waals surface area contributed by atoms with Gasteiger partial charge in [0.05, 0.1) is 12.0 Å². The third kappa shape index (κ3) is 5.71. The molecule has 1 aromatic carbocycles. The number of esters is 1. The van der Waals surface area contributed by atoms with Gasteiger partial charge in [-0.15, -0.1) is 0 Å². The molecular formula is C16H21NO5Si. The summed E-state index contributed by atoms with van der Waals surface area (Å²) in [6.45, 7) is 7.98. The van der Waals surface area contributed by atoms with Crippen molar-refractivity contribution in [1.82, 2.24) is 0 Å². The van der Waals surface area contributed by atoms with Gasteiger partial charge in [0.2, 0.25) is 8.32 Å². The highest BCUT2D eigenvalue weighted by Crippen LogP contribution is 2.28. The van der Waals surface area contributed by atoms with Gasteiger partial charge in [-0.25, -0.2) is 4.79 Å². The average Bonchev–Trinajstić information content (AvgIpc) is 2.49. The van der Waals surface area contributed by atoms with Gasteiger partial charge in [0.15, 0.2) is 0 Å². The number of non-ortho nitro benzene ring substituents is 1.